The largest absolute Gasteiger partial charge is 0.339 e. The second-order valence-corrected chi connectivity index (χ2v) is 4.69. The molecule has 3 rings (SSSR count). The van der Waals surface area contributed by atoms with Crippen LogP contribution in [0.15, 0.2) is 4.52 Å². The third-order valence-corrected chi connectivity index (χ3v) is 3.44. The molecular weight excluding hydrogens is 192 g/mol. The van der Waals surface area contributed by atoms with E-state index in [1.807, 2.05) is 0 Å². The minimum atomic E-state index is 0.364. The van der Waals surface area contributed by atoms with Crippen molar-refractivity contribution in [1.82, 2.24) is 10.1 Å². The fraction of sp³-hybridized carbons (Fsp3) is 0.727. The molecule has 0 spiro atoms. The zero-order valence-electron chi connectivity index (χ0n) is 8.61. The monoisotopic (exact) mass is 206 g/mol. The number of carbonyl (C=O) groups is 1. The van der Waals surface area contributed by atoms with Crippen LogP contribution in [0.25, 0.3) is 0 Å². The van der Waals surface area contributed by atoms with Crippen molar-refractivity contribution in [3.05, 3.63) is 11.7 Å². The molecule has 0 radical (unpaired) electrons. The van der Waals surface area contributed by atoms with Gasteiger partial charge in [-0.05, 0) is 18.8 Å². The molecule has 1 aromatic rings. The average Bonchev–Trinajstić information content (AvgIpc) is 2.47. The first-order valence-corrected chi connectivity index (χ1v) is 5.65. The Kier molecular flexibility index (Phi) is 2.08. The molecular formula is C11H14N2O2. The standard InChI is InChI=1S/C11H14N2O2/c14-9-4-7(5-9)6-10-12-11(15-13-10)8-2-1-3-8/h7-8H,1-6H2. The third-order valence-electron chi connectivity index (χ3n) is 3.44. The summed E-state index contributed by atoms with van der Waals surface area (Å²) in [7, 11) is 0. The fourth-order valence-electron chi connectivity index (χ4n) is 2.16. The van der Waals surface area contributed by atoms with E-state index in [0.717, 1.165) is 18.1 Å². The van der Waals surface area contributed by atoms with Gasteiger partial charge in [-0.2, -0.15) is 4.98 Å². The van der Waals surface area contributed by atoms with E-state index in [2.05, 4.69) is 10.1 Å². The zero-order valence-corrected chi connectivity index (χ0v) is 8.61. The van der Waals surface area contributed by atoms with Gasteiger partial charge >= 0.3 is 0 Å². The van der Waals surface area contributed by atoms with Crippen molar-refractivity contribution in [1.29, 1.82) is 0 Å². The number of rotatable bonds is 3. The third kappa shape index (κ3) is 1.68. The molecule has 0 aromatic carbocycles. The maximum absolute atomic E-state index is 10.8. The quantitative estimate of drug-likeness (QED) is 0.757. The van der Waals surface area contributed by atoms with Crippen molar-refractivity contribution in [3.8, 4) is 0 Å². The molecule has 0 unspecified atom stereocenters. The summed E-state index contributed by atoms with van der Waals surface area (Å²) in [5.41, 5.74) is 0. The van der Waals surface area contributed by atoms with Gasteiger partial charge in [-0.15, -0.1) is 0 Å². The number of ketones is 1. The Labute approximate surface area is 88.1 Å². The Morgan fingerprint density at radius 2 is 2.13 bits per heavy atom. The van der Waals surface area contributed by atoms with Crippen molar-refractivity contribution < 1.29 is 9.32 Å². The van der Waals surface area contributed by atoms with Gasteiger partial charge in [-0.3, -0.25) is 4.79 Å². The zero-order chi connectivity index (χ0) is 10.3. The van der Waals surface area contributed by atoms with Gasteiger partial charge in [0.1, 0.15) is 5.78 Å². The number of hydrogen-bond acceptors (Lipinski definition) is 4. The Balaban J connectivity index is 1.60. The second kappa shape index (κ2) is 3.43. The highest BCUT2D eigenvalue weighted by Gasteiger charge is 2.29. The van der Waals surface area contributed by atoms with Crippen molar-refractivity contribution in [2.24, 2.45) is 5.92 Å². The van der Waals surface area contributed by atoms with E-state index in [1.165, 1.54) is 19.3 Å². The van der Waals surface area contributed by atoms with Gasteiger partial charge in [0.15, 0.2) is 5.82 Å². The number of carbonyl (C=O) groups excluding carboxylic acids is 1. The molecule has 0 N–H and O–H groups in total. The van der Waals surface area contributed by atoms with E-state index in [1.54, 1.807) is 0 Å². The molecule has 4 nitrogen and oxygen atoms in total. The van der Waals surface area contributed by atoms with E-state index < -0.39 is 0 Å². The first-order chi connectivity index (χ1) is 7.31. The van der Waals surface area contributed by atoms with Crippen LogP contribution in [-0.4, -0.2) is 15.9 Å². The Hall–Kier alpha value is -1.19. The predicted octanol–water partition coefficient (Wildman–Crippen LogP) is 1.86. The lowest BCUT2D eigenvalue weighted by molar-refractivity contribution is -0.126. The van der Waals surface area contributed by atoms with Crippen molar-refractivity contribution in [3.63, 3.8) is 0 Å². The van der Waals surface area contributed by atoms with Crippen LogP contribution < -0.4 is 0 Å². The van der Waals surface area contributed by atoms with Gasteiger partial charge in [-0.25, -0.2) is 0 Å². The molecule has 15 heavy (non-hydrogen) atoms. The maximum atomic E-state index is 10.8. The lowest BCUT2D eigenvalue weighted by Crippen LogP contribution is -2.25. The highest BCUT2D eigenvalue weighted by Crippen LogP contribution is 2.35. The van der Waals surface area contributed by atoms with Gasteiger partial charge in [0.25, 0.3) is 0 Å². The molecule has 0 saturated heterocycles. The van der Waals surface area contributed by atoms with Crippen LogP contribution in [0.1, 0.15) is 49.7 Å². The summed E-state index contributed by atoms with van der Waals surface area (Å²) < 4.78 is 5.22. The van der Waals surface area contributed by atoms with E-state index in [-0.39, 0.29) is 0 Å². The Bertz CT molecular complexity index is 374. The Morgan fingerprint density at radius 1 is 1.33 bits per heavy atom. The van der Waals surface area contributed by atoms with Crippen LogP contribution >= 0.6 is 0 Å². The first-order valence-electron chi connectivity index (χ1n) is 5.65. The minimum Gasteiger partial charge on any atom is -0.339 e. The van der Waals surface area contributed by atoms with Gasteiger partial charge in [0.05, 0.1) is 0 Å². The summed E-state index contributed by atoms with van der Waals surface area (Å²) in [5.74, 6) is 2.93. The van der Waals surface area contributed by atoms with E-state index in [9.17, 15) is 4.79 Å². The summed E-state index contributed by atoms with van der Waals surface area (Å²) in [6.45, 7) is 0. The van der Waals surface area contributed by atoms with Crippen LogP contribution in [0.5, 0.6) is 0 Å². The smallest absolute Gasteiger partial charge is 0.229 e. The number of aromatic nitrogens is 2. The van der Waals surface area contributed by atoms with Crippen LogP contribution in [0.3, 0.4) is 0 Å². The summed E-state index contributed by atoms with van der Waals surface area (Å²) in [4.78, 5) is 15.2. The molecule has 80 valence electrons. The molecule has 1 heterocycles. The van der Waals surface area contributed by atoms with E-state index in [0.29, 0.717) is 30.5 Å². The van der Waals surface area contributed by atoms with Gasteiger partial charge in [0, 0.05) is 25.2 Å². The first kappa shape index (κ1) is 9.07. The fourth-order valence-corrected chi connectivity index (χ4v) is 2.16. The molecule has 0 aliphatic heterocycles. The highest BCUT2D eigenvalue weighted by atomic mass is 16.5. The molecule has 1 aromatic heterocycles. The van der Waals surface area contributed by atoms with Gasteiger partial charge < -0.3 is 4.52 Å². The molecule has 2 fully saturated rings. The predicted molar refractivity (Wildman–Crippen MR) is 52.3 cm³/mol. The van der Waals surface area contributed by atoms with Crippen LogP contribution in [0.2, 0.25) is 0 Å². The summed E-state index contributed by atoms with van der Waals surface area (Å²) in [6, 6.07) is 0. The molecule has 0 bridgehead atoms. The topological polar surface area (TPSA) is 56.0 Å². The normalized spacial score (nSPS) is 22.5. The van der Waals surface area contributed by atoms with Crippen molar-refractivity contribution in [2.75, 3.05) is 0 Å². The summed E-state index contributed by atoms with van der Waals surface area (Å²) in [6.07, 6.45) is 5.86. The van der Waals surface area contributed by atoms with E-state index in [4.69, 9.17) is 4.52 Å². The molecule has 4 heteroatoms. The van der Waals surface area contributed by atoms with Crippen LogP contribution in [-0.2, 0) is 11.2 Å². The minimum absolute atomic E-state index is 0.364. The number of Topliss-reactive ketones (excluding diaryl/α,β-unsaturated/α-hetero) is 1. The molecule has 2 aliphatic rings. The highest BCUT2D eigenvalue weighted by molar-refractivity contribution is 5.84. The number of nitrogens with zero attached hydrogens (tertiary/aromatic N) is 2. The SMILES string of the molecule is O=C1CC(Cc2noc(C3CCC3)n2)C1. The van der Waals surface area contributed by atoms with Gasteiger partial charge in [-0.1, -0.05) is 11.6 Å². The average molecular weight is 206 g/mol. The van der Waals surface area contributed by atoms with Crippen LogP contribution in [0.4, 0.5) is 0 Å². The van der Waals surface area contributed by atoms with Crippen LogP contribution in [0, 0.1) is 5.92 Å². The lowest BCUT2D eigenvalue weighted by Gasteiger charge is -2.22. The molecule has 0 atom stereocenters. The maximum Gasteiger partial charge on any atom is 0.229 e. The Morgan fingerprint density at radius 3 is 2.73 bits per heavy atom. The molecule has 2 saturated carbocycles. The lowest BCUT2D eigenvalue weighted by atomic mass is 9.81. The molecule has 0 amide bonds. The van der Waals surface area contributed by atoms with Crippen molar-refractivity contribution in [2.45, 2.75) is 44.4 Å². The summed E-state index contributed by atoms with van der Waals surface area (Å²) >= 11 is 0. The second-order valence-electron chi connectivity index (χ2n) is 4.69. The summed E-state index contributed by atoms with van der Waals surface area (Å²) in [5, 5.41) is 3.97. The van der Waals surface area contributed by atoms with Gasteiger partial charge in [0.2, 0.25) is 5.89 Å². The molecule has 2 aliphatic carbocycles. The van der Waals surface area contributed by atoms with E-state index >= 15 is 0 Å². The van der Waals surface area contributed by atoms with Crippen molar-refractivity contribution >= 4 is 5.78 Å². The number of hydrogen-bond donors (Lipinski definition) is 0.